The summed E-state index contributed by atoms with van der Waals surface area (Å²) >= 11 is 0. The average molecular weight is 884 g/mol. The van der Waals surface area contributed by atoms with Gasteiger partial charge in [-0.25, -0.2) is 9.36 Å². The fourth-order valence-corrected chi connectivity index (χ4v) is 7.57. The zero-order valence-electron chi connectivity index (χ0n) is 38.7. The number of ether oxygens (including phenoxy) is 1. The molecule has 12 heteroatoms. The minimum Gasteiger partial charge on any atom is -0.480 e. The number of carbonyl (C=O) groups is 3. The Kier molecular flexibility index (Phi) is 42.6. The maximum atomic E-state index is 12.4. The molecule has 356 valence electrons. The number of phosphoric acid groups is 1. The first-order valence-corrected chi connectivity index (χ1v) is 26.0. The van der Waals surface area contributed by atoms with Crippen LogP contribution in [-0.2, 0) is 32.7 Å². The molecule has 0 spiro atoms. The third kappa shape index (κ3) is 44.1. The molecule has 0 rings (SSSR count). The van der Waals surface area contributed by atoms with Gasteiger partial charge in [0.1, 0.15) is 12.7 Å². The molecule has 61 heavy (non-hydrogen) atoms. The van der Waals surface area contributed by atoms with Crippen LogP contribution in [0.5, 0.6) is 0 Å². The molecule has 3 atom stereocenters. The quantitative estimate of drug-likeness (QED) is 0.0200. The van der Waals surface area contributed by atoms with E-state index in [0.29, 0.717) is 12.8 Å². The van der Waals surface area contributed by atoms with Crippen molar-refractivity contribution in [3.8, 4) is 0 Å². The maximum absolute atomic E-state index is 12.4. The Hall–Kier alpha value is -2.30. The number of aliphatic hydroxyl groups is 1. The van der Waals surface area contributed by atoms with Gasteiger partial charge in [0.25, 0.3) is 0 Å². The largest absolute Gasteiger partial charge is 0.480 e. The zero-order valence-corrected chi connectivity index (χ0v) is 39.6. The molecule has 11 nitrogen and oxygen atoms in total. The minimum atomic E-state index is -4.76. The first-order valence-electron chi connectivity index (χ1n) is 24.5. The number of aliphatic hydroxyl groups excluding tert-OH is 1. The molecule has 0 saturated carbocycles. The molecule has 0 heterocycles. The molecule has 0 fully saturated rings. The van der Waals surface area contributed by atoms with Gasteiger partial charge in [-0.3, -0.25) is 18.6 Å². The molecule has 0 aromatic carbocycles. The highest BCUT2D eigenvalue weighted by Gasteiger charge is 2.28. The summed E-state index contributed by atoms with van der Waals surface area (Å²) in [6.45, 7) is 2.56. The SMILES string of the molecule is CCCC/C=C\C/C=C\CCCCCCCC(=O)OCC(O)COP(=O)(O)OCC(NC(=O)CCCCCCCCCCCCCCC/C=C/CCCCCCCC)C(=O)O. The molecule has 0 aliphatic heterocycles. The second-order valence-corrected chi connectivity index (χ2v) is 18.1. The lowest BCUT2D eigenvalue weighted by molar-refractivity contribution is -0.147. The van der Waals surface area contributed by atoms with Gasteiger partial charge in [-0.15, -0.1) is 0 Å². The van der Waals surface area contributed by atoms with Gasteiger partial charge in [-0.05, 0) is 64.2 Å². The number of carboxylic acid groups (broad SMARTS) is 1. The predicted octanol–water partition coefficient (Wildman–Crippen LogP) is 13.2. The summed E-state index contributed by atoms with van der Waals surface area (Å²) in [6, 6.07) is -1.55. The van der Waals surface area contributed by atoms with Crippen molar-refractivity contribution in [2.45, 2.75) is 238 Å². The van der Waals surface area contributed by atoms with Gasteiger partial charge in [-0.1, -0.05) is 185 Å². The molecule has 4 N–H and O–H groups in total. The van der Waals surface area contributed by atoms with Crippen LogP contribution in [0.25, 0.3) is 0 Å². The number of hydrogen-bond donors (Lipinski definition) is 4. The number of allylic oxidation sites excluding steroid dienone is 6. The number of hydrogen-bond acceptors (Lipinski definition) is 8. The van der Waals surface area contributed by atoms with Crippen LogP contribution in [0.4, 0.5) is 0 Å². The van der Waals surface area contributed by atoms with Crippen LogP contribution < -0.4 is 5.32 Å². The predicted molar refractivity (Wildman–Crippen MR) is 249 cm³/mol. The number of phosphoric ester groups is 1. The number of carbonyl (C=O) groups excluding carboxylic acids is 2. The Morgan fingerprint density at radius 2 is 0.918 bits per heavy atom. The zero-order chi connectivity index (χ0) is 44.9. The molecule has 0 aromatic rings. The first-order chi connectivity index (χ1) is 29.6. The summed E-state index contributed by atoms with van der Waals surface area (Å²) in [5.41, 5.74) is 0. The molecular formula is C49H90NO10P. The Bertz CT molecular complexity index is 1180. The molecule has 1 amide bonds. The van der Waals surface area contributed by atoms with Crippen LogP contribution in [0.1, 0.15) is 226 Å². The van der Waals surface area contributed by atoms with Crippen LogP contribution >= 0.6 is 7.82 Å². The summed E-state index contributed by atoms with van der Waals surface area (Å²) in [5, 5.41) is 21.9. The highest BCUT2D eigenvalue weighted by Crippen LogP contribution is 2.43. The van der Waals surface area contributed by atoms with Gasteiger partial charge < -0.3 is 25.2 Å². The van der Waals surface area contributed by atoms with Crippen LogP contribution in [-0.4, -0.2) is 64.9 Å². The number of carboxylic acids is 1. The van der Waals surface area contributed by atoms with Crippen molar-refractivity contribution < 1.29 is 47.8 Å². The van der Waals surface area contributed by atoms with Gasteiger partial charge in [0.15, 0.2) is 6.04 Å². The van der Waals surface area contributed by atoms with Crippen LogP contribution in [0.2, 0.25) is 0 Å². The first kappa shape index (κ1) is 58.7. The van der Waals surface area contributed by atoms with Crippen LogP contribution in [0.15, 0.2) is 36.5 Å². The highest BCUT2D eigenvalue weighted by atomic mass is 31.2. The molecule has 0 aliphatic carbocycles. The average Bonchev–Trinajstić information content (AvgIpc) is 3.24. The molecule has 0 aliphatic rings. The van der Waals surface area contributed by atoms with E-state index in [1.165, 1.54) is 122 Å². The number of nitrogens with one attached hydrogen (secondary N) is 1. The Morgan fingerprint density at radius 1 is 0.525 bits per heavy atom. The van der Waals surface area contributed by atoms with Crippen LogP contribution in [0.3, 0.4) is 0 Å². The summed E-state index contributed by atoms with van der Waals surface area (Å²) < 4.78 is 26.9. The molecule has 0 radical (unpaired) electrons. The minimum absolute atomic E-state index is 0.146. The fourth-order valence-electron chi connectivity index (χ4n) is 6.80. The van der Waals surface area contributed by atoms with Crippen molar-refractivity contribution in [1.82, 2.24) is 5.32 Å². The van der Waals surface area contributed by atoms with Crippen molar-refractivity contribution in [3.63, 3.8) is 0 Å². The topological polar surface area (TPSA) is 169 Å². The van der Waals surface area contributed by atoms with E-state index in [2.05, 4.69) is 55.6 Å². The van der Waals surface area contributed by atoms with Gasteiger partial charge in [0.05, 0.1) is 13.2 Å². The van der Waals surface area contributed by atoms with Crippen molar-refractivity contribution in [2.75, 3.05) is 19.8 Å². The van der Waals surface area contributed by atoms with E-state index in [-0.39, 0.29) is 12.8 Å². The number of esters is 1. The smallest absolute Gasteiger partial charge is 0.472 e. The lowest BCUT2D eigenvalue weighted by Gasteiger charge is -2.18. The molecular weight excluding hydrogens is 794 g/mol. The number of unbranched alkanes of at least 4 members (excludes halogenated alkanes) is 26. The molecule has 0 aromatic heterocycles. The van der Waals surface area contributed by atoms with Crippen molar-refractivity contribution in [2.24, 2.45) is 0 Å². The second kappa shape index (κ2) is 44.3. The van der Waals surface area contributed by atoms with Gasteiger partial charge in [-0.2, -0.15) is 0 Å². The third-order valence-corrected chi connectivity index (χ3v) is 11.6. The van der Waals surface area contributed by atoms with Crippen molar-refractivity contribution >= 4 is 25.7 Å². The van der Waals surface area contributed by atoms with Crippen molar-refractivity contribution in [3.05, 3.63) is 36.5 Å². The van der Waals surface area contributed by atoms with E-state index < -0.39 is 57.6 Å². The lowest BCUT2D eigenvalue weighted by atomic mass is 10.0. The highest BCUT2D eigenvalue weighted by molar-refractivity contribution is 7.47. The normalized spacial score (nSPS) is 13.9. The third-order valence-electron chi connectivity index (χ3n) is 10.7. The summed E-state index contributed by atoms with van der Waals surface area (Å²) in [4.78, 5) is 46.0. The van der Waals surface area contributed by atoms with Crippen LogP contribution in [0, 0.1) is 0 Å². The Balaban J connectivity index is 3.83. The van der Waals surface area contributed by atoms with E-state index in [4.69, 9.17) is 13.8 Å². The molecule has 3 unspecified atom stereocenters. The molecule has 0 saturated heterocycles. The maximum Gasteiger partial charge on any atom is 0.472 e. The fraction of sp³-hybridized carbons (Fsp3) is 0.816. The van der Waals surface area contributed by atoms with Gasteiger partial charge in [0.2, 0.25) is 5.91 Å². The second-order valence-electron chi connectivity index (χ2n) is 16.6. The lowest BCUT2D eigenvalue weighted by Crippen LogP contribution is -2.43. The van der Waals surface area contributed by atoms with E-state index in [1.807, 2.05) is 0 Å². The summed E-state index contributed by atoms with van der Waals surface area (Å²) in [7, 11) is -4.76. The number of rotatable bonds is 46. The van der Waals surface area contributed by atoms with Crippen molar-refractivity contribution in [1.29, 1.82) is 0 Å². The Morgan fingerprint density at radius 3 is 1.39 bits per heavy atom. The van der Waals surface area contributed by atoms with E-state index in [0.717, 1.165) is 64.2 Å². The van der Waals surface area contributed by atoms with E-state index in [1.54, 1.807) is 0 Å². The van der Waals surface area contributed by atoms with E-state index >= 15 is 0 Å². The monoisotopic (exact) mass is 884 g/mol. The summed E-state index contributed by atoms with van der Waals surface area (Å²) in [6.07, 6.45) is 48.8. The van der Waals surface area contributed by atoms with Gasteiger partial charge in [0, 0.05) is 12.8 Å². The van der Waals surface area contributed by atoms with Gasteiger partial charge >= 0.3 is 19.8 Å². The summed E-state index contributed by atoms with van der Waals surface area (Å²) in [5.74, 6) is -2.38. The number of amides is 1. The number of aliphatic carboxylic acids is 1. The Labute approximate surface area is 371 Å². The standard InChI is InChI=1S/C49H90NO10P/c1-3-5-7-9-11-13-15-17-19-20-21-22-23-24-25-26-27-28-30-32-34-36-38-40-47(52)50-46(49(54)55)44-60-61(56,57)59-43-45(51)42-58-48(53)41-39-37-35-33-31-29-18-16-14-12-10-8-6-4-2/h10,12,16-19,45-46,51H,3-9,11,13-15,20-44H2,1-2H3,(H,50,52)(H,54,55)(H,56,57)/b12-10-,18-16-,19-17+. The van der Waals surface area contributed by atoms with E-state index in [9.17, 15) is 34.1 Å². The molecule has 0 bridgehead atoms.